The molecule has 2 fully saturated rings. The van der Waals surface area contributed by atoms with Gasteiger partial charge < -0.3 is 15.5 Å². The first-order chi connectivity index (χ1) is 17.9. The molecule has 198 valence electrons. The molecule has 5 rings (SSSR count). The lowest BCUT2D eigenvalue weighted by atomic mass is 9.72. The highest BCUT2D eigenvalue weighted by Crippen LogP contribution is 2.49. The van der Waals surface area contributed by atoms with Crippen LogP contribution >= 0.6 is 10.5 Å². The average Bonchev–Trinajstić information content (AvgIpc) is 3.16. The molecule has 0 atom stereocenters. The van der Waals surface area contributed by atoms with Gasteiger partial charge in [-0.15, -0.1) is 0 Å². The summed E-state index contributed by atoms with van der Waals surface area (Å²) in [5.74, 6) is 6.33. The Morgan fingerprint density at radius 1 is 1.14 bits per heavy atom. The summed E-state index contributed by atoms with van der Waals surface area (Å²) in [5, 5.41) is 7.03. The summed E-state index contributed by atoms with van der Waals surface area (Å²) in [6.45, 7) is 14.0. The first-order valence-electron chi connectivity index (χ1n) is 13.9. The molecule has 37 heavy (non-hydrogen) atoms. The highest BCUT2D eigenvalue weighted by atomic mass is 32.2. The molecular weight excluding hydrogens is 477 g/mol. The van der Waals surface area contributed by atoms with Gasteiger partial charge >= 0.3 is 0 Å². The molecule has 3 heterocycles. The Hall–Kier alpha value is -2.37. The van der Waals surface area contributed by atoms with Crippen LogP contribution in [0.15, 0.2) is 55.3 Å². The van der Waals surface area contributed by atoms with Gasteiger partial charge in [-0.2, -0.15) is 10.5 Å². The molecular formula is C32H42FN3S. The van der Waals surface area contributed by atoms with Crippen molar-refractivity contribution in [3.63, 3.8) is 0 Å². The summed E-state index contributed by atoms with van der Waals surface area (Å²) >= 11 is 0. The fraction of sp³-hybridized carbons (Fsp3) is 0.469. The summed E-state index contributed by atoms with van der Waals surface area (Å²) in [6, 6.07) is 12.9. The van der Waals surface area contributed by atoms with Gasteiger partial charge in [-0.05, 0) is 111 Å². The van der Waals surface area contributed by atoms with Gasteiger partial charge in [0.05, 0.1) is 0 Å². The fourth-order valence-corrected chi connectivity index (χ4v) is 7.73. The van der Waals surface area contributed by atoms with Crippen LogP contribution < -0.4 is 10.6 Å². The van der Waals surface area contributed by atoms with Crippen molar-refractivity contribution in [1.29, 1.82) is 0 Å². The molecule has 2 N–H and O–H groups in total. The molecule has 2 aromatic rings. The zero-order chi connectivity index (χ0) is 26.0. The molecule has 0 aromatic heterocycles. The third-order valence-corrected chi connectivity index (χ3v) is 10.4. The van der Waals surface area contributed by atoms with Gasteiger partial charge in [0.25, 0.3) is 0 Å². The Balaban J connectivity index is 1.11. The van der Waals surface area contributed by atoms with Gasteiger partial charge in [0.2, 0.25) is 0 Å². The summed E-state index contributed by atoms with van der Waals surface area (Å²) in [4.78, 5) is 2.57. The van der Waals surface area contributed by atoms with E-state index in [-0.39, 0.29) is 11.2 Å². The van der Waals surface area contributed by atoms with Crippen LogP contribution in [0.25, 0.3) is 5.70 Å². The molecule has 2 saturated heterocycles. The van der Waals surface area contributed by atoms with Crippen molar-refractivity contribution in [1.82, 2.24) is 10.2 Å². The minimum atomic E-state index is -0.167. The van der Waals surface area contributed by atoms with Crippen LogP contribution in [0.4, 0.5) is 10.1 Å². The van der Waals surface area contributed by atoms with Gasteiger partial charge in [0.15, 0.2) is 0 Å². The Bertz CT molecular complexity index is 1180. The van der Waals surface area contributed by atoms with Crippen LogP contribution in [0.5, 0.6) is 0 Å². The van der Waals surface area contributed by atoms with Crippen LogP contribution in [0.3, 0.4) is 0 Å². The van der Waals surface area contributed by atoms with Gasteiger partial charge in [-0.3, -0.25) is 0 Å². The third kappa shape index (κ3) is 5.58. The number of benzene rings is 2. The minimum Gasteiger partial charge on any atom is -0.382 e. The number of piperidine rings is 1. The number of likely N-dealkylation sites (tertiary alicyclic amines) is 1. The number of halogens is 1. The van der Waals surface area contributed by atoms with Gasteiger partial charge in [0, 0.05) is 34.1 Å². The Labute approximate surface area is 225 Å². The topological polar surface area (TPSA) is 27.3 Å². The standard InChI is InChI=1S/C32H42FN3S/c1-5-25-9-11-31-29(21-25)32(24(3)35-31)14-17-36(18-15-32)16-6-7-26-8-10-28(30(33)22-26)23(2)34-27-12-19-37(4)20-13-27/h8-11,21-22,27,34-35H,2-7,12-20H2,1H3. The SMILES string of the molecule is C=C(NC1CCS(=C)CC1)c1ccc(CCCN2CCC3(CC2)C(=C)Nc2ccc(CC)cc23)cc1F. The molecule has 0 saturated carbocycles. The van der Waals surface area contributed by atoms with E-state index < -0.39 is 0 Å². The maximum Gasteiger partial charge on any atom is 0.132 e. The van der Waals surface area contributed by atoms with E-state index in [4.69, 9.17) is 0 Å². The molecule has 2 aromatic carbocycles. The summed E-state index contributed by atoms with van der Waals surface area (Å²) < 4.78 is 14.9. The average molecular weight is 520 g/mol. The number of nitrogens with one attached hydrogen (secondary N) is 2. The van der Waals surface area contributed by atoms with Gasteiger partial charge in [-0.25, -0.2) is 4.39 Å². The lowest BCUT2D eigenvalue weighted by molar-refractivity contribution is 0.179. The van der Waals surface area contributed by atoms with E-state index in [1.807, 2.05) is 6.07 Å². The smallest absolute Gasteiger partial charge is 0.132 e. The lowest BCUT2D eigenvalue weighted by Gasteiger charge is -2.40. The molecule has 5 heteroatoms. The van der Waals surface area contributed by atoms with E-state index in [1.165, 1.54) is 16.8 Å². The quantitative estimate of drug-likeness (QED) is 0.379. The molecule has 0 bridgehead atoms. The summed E-state index contributed by atoms with van der Waals surface area (Å²) in [7, 11) is 0.299. The van der Waals surface area contributed by atoms with E-state index in [0.29, 0.717) is 27.8 Å². The Kier molecular flexibility index (Phi) is 7.92. The zero-order valence-corrected chi connectivity index (χ0v) is 23.2. The van der Waals surface area contributed by atoms with Crippen LogP contribution in [0.2, 0.25) is 0 Å². The Morgan fingerprint density at radius 2 is 1.86 bits per heavy atom. The van der Waals surface area contributed by atoms with E-state index in [0.717, 1.165) is 87.3 Å². The van der Waals surface area contributed by atoms with Crippen molar-refractivity contribution in [2.75, 3.05) is 36.5 Å². The highest BCUT2D eigenvalue weighted by molar-refractivity contribution is 8.14. The second-order valence-electron chi connectivity index (χ2n) is 11.1. The molecule has 0 unspecified atom stereocenters. The van der Waals surface area contributed by atoms with Gasteiger partial charge in [0.1, 0.15) is 5.82 Å². The predicted octanol–water partition coefficient (Wildman–Crippen LogP) is 6.72. The lowest BCUT2D eigenvalue weighted by Crippen LogP contribution is -2.43. The molecule has 3 nitrogen and oxygen atoms in total. The molecule has 3 aliphatic heterocycles. The van der Waals surface area contributed by atoms with Crippen molar-refractivity contribution in [3.05, 3.63) is 83.3 Å². The van der Waals surface area contributed by atoms with Crippen molar-refractivity contribution >= 4 is 27.7 Å². The van der Waals surface area contributed by atoms with Crippen molar-refractivity contribution in [2.45, 2.75) is 63.3 Å². The summed E-state index contributed by atoms with van der Waals surface area (Å²) in [6.07, 6.45) is 7.40. The van der Waals surface area contributed by atoms with Crippen LogP contribution in [0, 0.1) is 5.82 Å². The van der Waals surface area contributed by atoms with E-state index >= 15 is 0 Å². The zero-order valence-electron chi connectivity index (χ0n) is 22.4. The van der Waals surface area contributed by atoms with E-state index in [2.05, 4.69) is 65.8 Å². The number of hydrogen-bond acceptors (Lipinski definition) is 3. The predicted molar refractivity (Wildman–Crippen MR) is 160 cm³/mol. The number of anilines is 1. The fourth-order valence-electron chi connectivity index (χ4n) is 6.29. The van der Waals surface area contributed by atoms with E-state index in [1.54, 1.807) is 6.07 Å². The molecule has 0 amide bonds. The van der Waals surface area contributed by atoms with Crippen molar-refractivity contribution in [3.8, 4) is 0 Å². The van der Waals surface area contributed by atoms with Crippen LogP contribution in [-0.2, 0) is 18.3 Å². The van der Waals surface area contributed by atoms with Crippen LogP contribution in [-0.4, -0.2) is 48.0 Å². The maximum atomic E-state index is 14.9. The van der Waals surface area contributed by atoms with Crippen LogP contribution in [0.1, 0.15) is 61.3 Å². The second-order valence-corrected chi connectivity index (χ2v) is 13.1. The van der Waals surface area contributed by atoms with Crippen molar-refractivity contribution < 1.29 is 4.39 Å². The number of nitrogens with zero attached hydrogens (tertiary/aromatic N) is 1. The largest absolute Gasteiger partial charge is 0.382 e. The highest BCUT2D eigenvalue weighted by Gasteiger charge is 2.44. The van der Waals surface area contributed by atoms with Gasteiger partial charge in [-0.1, -0.05) is 44.2 Å². The molecule has 3 aliphatic rings. The molecule has 1 spiro atoms. The second kappa shape index (κ2) is 11.2. The maximum absolute atomic E-state index is 14.9. The van der Waals surface area contributed by atoms with E-state index in [9.17, 15) is 4.39 Å². The Morgan fingerprint density at radius 3 is 2.57 bits per heavy atom. The first-order valence-corrected chi connectivity index (χ1v) is 15.6. The normalized spacial score (nSPS) is 23.0. The third-order valence-electron chi connectivity index (χ3n) is 8.77. The minimum absolute atomic E-state index is 0.0690. The first kappa shape index (κ1) is 26.2. The number of hydrogen-bond donors (Lipinski definition) is 2. The molecule has 0 radical (unpaired) electrons. The molecule has 0 aliphatic carbocycles. The number of rotatable bonds is 8. The number of allylic oxidation sites excluding steroid dienone is 1. The monoisotopic (exact) mass is 519 g/mol. The number of aryl methyl sites for hydroxylation is 2. The van der Waals surface area contributed by atoms with Crippen molar-refractivity contribution in [2.24, 2.45) is 0 Å². The number of fused-ring (bicyclic) bond motifs is 2. The summed E-state index contributed by atoms with van der Waals surface area (Å²) in [5.41, 5.74) is 7.69.